The van der Waals surface area contributed by atoms with Gasteiger partial charge in [-0.1, -0.05) is 6.07 Å². The molecule has 2 saturated carbocycles. The van der Waals surface area contributed by atoms with Gasteiger partial charge in [0.25, 0.3) is 0 Å². The lowest BCUT2D eigenvalue weighted by molar-refractivity contribution is -0.131. The molecule has 2 fully saturated rings. The van der Waals surface area contributed by atoms with Crippen molar-refractivity contribution in [2.75, 3.05) is 20.6 Å². The maximum absolute atomic E-state index is 12.9. The van der Waals surface area contributed by atoms with Crippen LogP contribution in [0, 0.1) is 17.3 Å². The summed E-state index contributed by atoms with van der Waals surface area (Å²) in [5.74, 6) is 2.80. The molecule has 0 saturated heterocycles. The van der Waals surface area contributed by atoms with Gasteiger partial charge >= 0.3 is 0 Å². The molecule has 0 radical (unpaired) electrons. The fraction of sp³-hybridized carbons (Fsp3) is 0.682. The molecule has 0 unspecified atom stereocenters. The van der Waals surface area contributed by atoms with Crippen LogP contribution in [-0.4, -0.2) is 36.4 Å². The van der Waals surface area contributed by atoms with Crippen molar-refractivity contribution in [1.82, 2.24) is 4.90 Å². The lowest BCUT2D eigenvalue weighted by Crippen LogP contribution is -2.44. The Morgan fingerprint density at radius 3 is 2.84 bits per heavy atom. The van der Waals surface area contributed by atoms with E-state index in [0.717, 1.165) is 51.5 Å². The number of Topliss-reactive ketones (excluding diaryl/α,β-unsaturated/α-hetero) is 1. The Hall–Kier alpha value is -1.35. The molecule has 1 aromatic rings. The van der Waals surface area contributed by atoms with Gasteiger partial charge in [0.05, 0.1) is 0 Å². The van der Waals surface area contributed by atoms with E-state index in [2.05, 4.69) is 25.1 Å². The number of ketones is 1. The number of hydrogen-bond donors (Lipinski definition) is 1. The first-order valence-electron chi connectivity index (χ1n) is 10.0. The predicted octanol–water partition coefficient (Wildman–Crippen LogP) is 4.14. The second kappa shape index (κ2) is 6.42. The highest BCUT2D eigenvalue weighted by atomic mass is 16.3. The van der Waals surface area contributed by atoms with E-state index in [-0.39, 0.29) is 5.41 Å². The minimum Gasteiger partial charge on any atom is -0.508 e. The van der Waals surface area contributed by atoms with Crippen molar-refractivity contribution < 1.29 is 9.90 Å². The highest BCUT2D eigenvalue weighted by Crippen LogP contribution is 2.61. The van der Waals surface area contributed by atoms with Gasteiger partial charge in [0.15, 0.2) is 0 Å². The van der Waals surface area contributed by atoms with Crippen LogP contribution >= 0.6 is 0 Å². The summed E-state index contributed by atoms with van der Waals surface area (Å²) in [6.07, 6.45) is 8.60. The van der Waals surface area contributed by atoms with E-state index in [1.165, 1.54) is 17.5 Å². The van der Waals surface area contributed by atoms with Crippen molar-refractivity contribution >= 4 is 5.78 Å². The quantitative estimate of drug-likeness (QED) is 0.895. The molecule has 136 valence electrons. The third-order valence-electron chi connectivity index (χ3n) is 7.38. The third-order valence-corrected chi connectivity index (χ3v) is 7.38. The maximum Gasteiger partial charge on any atom is 0.139 e. The number of benzene rings is 1. The zero-order valence-electron chi connectivity index (χ0n) is 15.6. The molecule has 25 heavy (non-hydrogen) atoms. The van der Waals surface area contributed by atoms with Crippen LogP contribution < -0.4 is 0 Å². The summed E-state index contributed by atoms with van der Waals surface area (Å²) >= 11 is 0. The van der Waals surface area contributed by atoms with Crippen molar-refractivity contribution in [2.24, 2.45) is 17.3 Å². The van der Waals surface area contributed by atoms with Crippen LogP contribution in [0.3, 0.4) is 0 Å². The first-order valence-corrected chi connectivity index (χ1v) is 10.0. The number of carbonyl (C=O) groups excluding carboxylic acids is 1. The van der Waals surface area contributed by atoms with E-state index >= 15 is 0 Å². The number of hydrogen-bond acceptors (Lipinski definition) is 3. The summed E-state index contributed by atoms with van der Waals surface area (Å²) in [5.41, 5.74) is 2.77. The van der Waals surface area contributed by atoms with Gasteiger partial charge in [0.1, 0.15) is 11.5 Å². The van der Waals surface area contributed by atoms with E-state index in [1.807, 2.05) is 12.1 Å². The highest BCUT2D eigenvalue weighted by Gasteiger charge is 2.56. The Morgan fingerprint density at radius 1 is 1.20 bits per heavy atom. The number of phenolic OH excluding ortho intramolecular Hbond substituents is 1. The van der Waals surface area contributed by atoms with E-state index in [4.69, 9.17) is 0 Å². The lowest BCUT2D eigenvalue weighted by atomic mass is 9.54. The molecule has 1 N–H and O–H groups in total. The molecule has 4 atom stereocenters. The van der Waals surface area contributed by atoms with Gasteiger partial charge in [-0.25, -0.2) is 0 Å². The van der Waals surface area contributed by atoms with Crippen LogP contribution in [0.1, 0.15) is 62.0 Å². The van der Waals surface area contributed by atoms with E-state index in [0.29, 0.717) is 29.3 Å². The summed E-state index contributed by atoms with van der Waals surface area (Å²) < 4.78 is 0. The van der Waals surface area contributed by atoms with Gasteiger partial charge in [-0.15, -0.1) is 0 Å². The molecule has 0 bridgehead atoms. The smallest absolute Gasteiger partial charge is 0.139 e. The minimum atomic E-state index is -0.0222. The van der Waals surface area contributed by atoms with Crippen LogP contribution in [0.15, 0.2) is 18.2 Å². The zero-order valence-corrected chi connectivity index (χ0v) is 15.6. The predicted molar refractivity (Wildman–Crippen MR) is 99.8 cm³/mol. The Bertz CT molecular complexity index is 668. The molecular formula is C22H31NO2. The molecule has 0 aromatic heterocycles. The summed E-state index contributed by atoms with van der Waals surface area (Å²) in [5, 5.41) is 9.80. The number of fused-ring (bicyclic) bond motifs is 5. The Kier molecular flexibility index (Phi) is 4.39. The van der Waals surface area contributed by atoms with Crippen LogP contribution in [-0.2, 0) is 11.2 Å². The number of nitrogens with zero attached hydrogens (tertiary/aromatic N) is 1. The van der Waals surface area contributed by atoms with Gasteiger partial charge < -0.3 is 10.0 Å². The molecule has 3 heteroatoms. The van der Waals surface area contributed by atoms with Crippen LogP contribution in [0.4, 0.5) is 0 Å². The van der Waals surface area contributed by atoms with Gasteiger partial charge in [0.2, 0.25) is 0 Å². The third kappa shape index (κ3) is 2.81. The summed E-state index contributed by atoms with van der Waals surface area (Å²) in [4.78, 5) is 15.2. The fourth-order valence-electron chi connectivity index (χ4n) is 6.32. The van der Waals surface area contributed by atoms with Crippen LogP contribution in [0.5, 0.6) is 5.75 Å². The molecule has 0 amide bonds. The van der Waals surface area contributed by atoms with Crippen molar-refractivity contribution in [3.05, 3.63) is 29.3 Å². The van der Waals surface area contributed by atoms with E-state index < -0.39 is 0 Å². The largest absolute Gasteiger partial charge is 0.508 e. The summed E-state index contributed by atoms with van der Waals surface area (Å²) in [6, 6.07) is 5.96. The molecule has 3 aliphatic rings. The van der Waals surface area contributed by atoms with Gasteiger partial charge in [0, 0.05) is 11.8 Å². The standard InChI is InChI=1S/C22H31NO2/c1-23(2)13-3-11-22-12-10-18-17-7-5-16(24)14-15(17)4-6-19(18)20(22)8-9-21(22)25/h5,7,14,18-20,24H,3-4,6,8-13H2,1-2H3/t18-,19-,20+,22+/m1/s1. The van der Waals surface area contributed by atoms with E-state index in [9.17, 15) is 9.90 Å². The average molecular weight is 341 g/mol. The van der Waals surface area contributed by atoms with E-state index in [1.54, 1.807) is 0 Å². The topological polar surface area (TPSA) is 40.5 Å². The highest BCUT2D eigenvalue weighted by molar-refractivity contribution is 5.87. The van der Waals surface area contributed by atoms with Crippen molar-refractivity contribution in [3.8, 4) is 5.75 Å². The molecule has 0 spiro atoms. The van der Waals surface area contributed by atoms with Crippen LogP contribution in [0.2, 0.25) is 0 Å². The molecule has 1 aromatic carbocycles. The van der Waals surface area contributed by atoms with Gasteiger partial charge in [-0.2, -0.15) is 0 Å². The monoisotopic (exact) mass is 341 g/mol. The number of phenols is 1. The van der Waals surface area contributed by atoms with Crippen LogP contribution in [0.25, 0.3) is 0 Å². The molecular weight excluding hydrogens is 310 g/mol. The molecule has 3 aliphatic carbocycles. The van der Waals surface area contributed by atoms with Crippen molar-refractivity contribution in [1.29, 1.82) is 0 Å². The Labute approximate surface area is 151 Å². The van der Waals surface area contributed by atoms with Crippen molar-refractivity contribution in [3.63, 3.8) is 0 Å². The Balaban J connectivity index is 1.59. The SMILES string of the molecule is CN(C)CCC[C@]12CC[C@@H]3c4ccc(O)cc4CC[C@H]3[C@@H]1CCC2=O. The lowest BCUT2D eigenvalue weighted by Gasteiger charge is -2.50. The zero-order chi connectivity index (χ0) is 17.6. The average Bonchev–Trinajstić information content (AvgIpc) is 2.91. The Morgan fingerprint density at radius 2 is 2.04 bits per heavy atom. The number of carbonyl (C=O) groups is 1. The summed E-state index contributed by atoms with van der Waals surface area (Å²) in [7, 11) is 4.24. The molecule has 4 rings (SSSR count). The van der Waals surface area contributed by atoms with Gasteiger partial charge in [-0.05, 0) is 107 Å². The number of rotatable bonds is 4. The fourth-order valence-corrected chi connectivity index (χ4v) is 6.32. The molecule has 0 aliphatic heterocycles. The minimum absolute atomic E-state index is 0.0222. The second-order valence-corrected chi connectivity index (χ2v) is 8.86. The maximum atomic E-state index is 12.9. The molecule has 3 nitrogen and oxygen atoms in total. The first-order chi connectivity index (χ1) is 12.0. The number of aryl methyl sites for hydroxylation is 1. The first kappa shape index (κ1) is 17.1. The van der Waals surface area contributed by atoms with Crippen molar-refractivity contribution in [2.45, 2.75) is 57.3 Å². The summed E-state index contributed by atoms with van der Waals surface area (Å²) in [6.45, 7) is 1.08. The molecule has 0 heterocycles. The second-order valence-electron chi connectivity index (χ2n) is 8.86. The number of aromatic hydroxyl groups is 1. The normalized spacial score (nSPS) is 33.9. The van der Waals surface area contributed by atoms with Gasteiger partial charge in [-0.3, -0.25) is 4.79 Å².